The van der Waals surface area contributed by atoms with Crippen LogP contribution in [0.2, 0.25) is 0 Å². The van der Waals surface area contributed by atoms with Gasteiger partial charge in [-0.05, 0) is 34.6 Å². The zero-order chi connectivity index (χ0) is 9.07. The molecule has 0 N–H and O–H groups in total. The van der Waals surface area contributed by atoms with Gasteiger partial charge in [-0.25, -0.2) is 4.79 Å². The molecule has 0 amide bonds. The number of hydrogen-bond acceptors (Lipinski definition) is 2. The number of allylic oxidation sites excluding steroid dienone is 1. The third-order valence-electron chi connectivity index (χ3n) is 1.01. The Balaban J connectivity index is 4.10. The van der Waals surface area contributed by atoms with Gasteiger partial charge >= 0.3 is 5.97 Å². The predicted molar refractivity (Wildman–Crippen MR) is 45.0 cm³/mol. The van der Waals surface area contributed by atoms with Gasteiger partial charge < -0.3 is 4.74 Å². The lowest BCUT2D eigenvalue weighted by atomic mass is 10.2. The first kappa shape index (κ1) is 10.2. The van der Waals surface area contributed by atoms with Crippen LogP contribution in [0.5, 0.6) is 0 Å². The van der Waals surface area contributed by atoms with Crippen LogP contribution in [0.25, 0.3) is 0 Å². The summed E-state index contributed by atoms with van der Waals surface area (Å²) < 4.78 is 5.02. The molecule has 1 radical (unpaired) electrons. The van der Waals surface area contributed by atoms with E-state index in [2.05, 4.69) is 6.92 Å². The van der Waals surface area contributed by atoms with Crippen LogP contribution in [-0.4, -0.2) is 11.6 Å². The molecular formula is C9H15O2. The van der Waals surface area contributed by atoms with E-state index in [1.54, 1.807) is 13.0 Å². The number of esters is 1. The first-order valence-corrected chi connectivity index (χ1v) is 3.58. The van der Waals surface area contributed by atoms with E-state index in [-0.39, 0.29) is 5.97 Å². The quantitative estimate of drug-likeness (QED) is 0.428. The maximum atomic E-state index is 11.0. The van der Waals surface area contributed by atoms with Crippen LogP contribution in [0.3, 0.4) is 0 Å². The fraction of sp³-hybridized carbons (Fsp3) is 0.556. The minimum Gasteiger partial charge on any atom is -0.457 e. The van der Waals surface area contributed by atoms with Crippen LogP contribution in [-0.2, 0) is 9.53 Å². The van der Waals surface area contributed by atoms with Crippen LogP contribution >= 0.6 is 0 Å². The molecule has 0 saturated carbocycles. The monoisotopic (exact) mass is 155 g/mol. The Morgan fingerprint density at radius 2 is 1.91 bits per heavy atom. The van der Waals surface area contributed by atoms with Gasteiger partial charge in [0.15, 0.2) is 0 Å². The maximum Gasteiger partial charge on any atom is 0.334 e. The van der Waals surface area contributed by atoms with Crippen molar-refractivity contribution in [3.8, 4) is 0 Å². The van der Waals surface area contributed by atoms with Crippen LogP contribution in [0.15, 0.2) is 11.6 Å². The second-order valence-electron chi connectivity index (χ2n) is 3.32. The van der Waals surface area contributed by atoms with E-state index in [9.17, 15) is 4.79 Å². The smallest absolute Gasteiger partial charge is 0.334 e. The third-order valence-corrected chi connectivity index (χ3v) is 1.01. The van der Waals surface area contributed by atoms with Gasteiger partial charge in [-0.15, -0.1) is 0 Å². The van der Waals surface area contributed by atoms with Gasteiger partial charge in [0.05, 0.1) is 0 Å². The fourth-order valence-electron chi connectivity index (χ4n) is 0.461. The zero-order valence-corrected chi connectivity index (χ0v) is 7.60. The minimum atomic E-state index is -0.428. The third kappa shape index (κ3) is 4.59. The molecule has 0 aliphatic carbocycles. The highest BCUT2D eigenvalue weighted by Gasteiger charge is 2.16. The Bertz CT molecular complexity index is 172. The summed E-state index contributed by atoms with van der Waals surface area (Å²) >= 11 is 0. The van der Waals surface area contributed by atoms with Gasteiger partial charge in [0.2, 0.25) is 0 Å². The summed E-state index contributed by atoms with van der Waals surface area (Å²) in [5.41, 5.74) is -0.0248. The Hall–Kier alpha value is -0.790. The van der Waals surface area contributed by atoms with Crippen molar-refractivity contribution in [1.29, 1.82) is 0 Å². The summed E-state index contributed by atoms with van der Waals surface area (Å²) in [6, 6.07) is 0. The Morgan fingerprint density at radius 1 is 1.45 bits per heavy atom. The lowest BCUT2D eigenvalue weighted by Gasteiger charge is -2.19. The van der Waals surface area contributed by atoms with Gasteiger partial charge in [0.25, 0.3) is 0 Å². The topological polar surface area (TPSA) is 26.3 Å². The summed E-state index contributed by atoms with van der Waals surface area (Å²) in [6.07, 6.45) is 1.63. The highest BCUT2D eigenvalue weighted by Crippen LogP contribution is 2.09. The normalized spacial score (nSPS) is 13.0. The number of carbonyl (C=O) groups excluding carboxylic acids is 1. The van der Waals surface area contributed by atoms with Crippen LogP contribution < -0.4 is 0 Å². The lowest BCUT2D eigenvalue weighted by molar-refractivity contribution is -0.149. The first-order chi connectivity index (χ1) is 4.87. The molecule has 0 bridgehead atoms. The van der Waals surface area contributed by atoms with Crippen molar-refractivity contribution < 1.29 is 9.53 Å². The highest BCUT2D eigenvalue weighted by atomic mass is 16.6. The summed E-state index contributed by atoms with van der Waals surface area (Å²) in [6.45, 7) is 10.8. The molecule has 0 saturated heterocycles. The lowest BCUT2D eigenvalue weighted by Crippen LogP contribution is -2.24. The molecular weight excluding hydrogens is 140 g/mol. The molecule has 0 aromatic rings. The highest BCUT2D eigenvalue weighted by molar-refractivity contribution is 5.89. The second-order valence-corrected chi connectivity index (χ2v) is 3.32. The molecule has 63 valence electrons. The van der Waals surface area contributed by atoms with E-state index in [1.165, 1.54) is 0 Å². The molecule has 0 unspecified atom stereocenters. The number of hydrogen-bond donors (Lipinski definition) is 0. The Morgan fingerprint density at radius 3 is 2.18 bits per heavy atom. The van der Waals surface area contributed by atoms with E-state index in [4.69, 9.17) is 4.74 Å². The summed E-state index contributed by atoms with van der Waals surface area (Å²) in [7, 11) is 0. The Kier molecular flexibility index (Phi) is 3.30. The van der Waals surface area contributed by atoms with Crippen LogP contribution in [0, 0.1) is 6.92 Å². The molecule has 11 heavy (non-hydrogen) atoms. The number of rotatable bonds is 1. The standard InChI is InChI=1S/C9H15O2/c1-6-7(2)8(10)11-9(3,4)5/h6H,2H2,1,3-5H3/b7-6-. The molecule has 0 atom stereocenters. The molecule has 0 heterocycles. The summed E-state index contributed by atoms with van der Waals surface area (Å²) in [5, 5.41) is 0. The van der Waals surface area contributed by atoms with Gasteiger partial charge in [0.1, 0.15) is 5.60 Å². The van der Waals surface area contributed by atoms with Crippen LogP contribution in [0.4, 0.5) is 0 Å². The molecule has 0 fully saturated rings. The molecule has 0 aliphatic rings. The largest absolute Gasteiger partial charge is 0.457 e. The average Bonchev–Trinajstić information content (AvgIpc) is 1.82. The molecule has 0 aromatic carbocycles. The van der Waals surface area contributed by atoms with Crippen molar-refractivity contribution in [2.45, 2.75) is 33.3 Å². The van der Waals surface area contributed by atoms with E-state index in [1.807, 2.05) is 20.8 Å². The van der Waals surface area contributed by atoms with Crippen molar-refractivity contribution in [1.82, 2.24) is 0 Å². The average molecular weight is 155 g/mol. The summed E-state index contributed by atoms with van der Waals surface area (Å²) in [5.74, 6) is -0.347. The predicted octanol–water partition coefficient (Wildman–Crippen LogP) is 2.11. The SMILES string of the molecule is [CH2]/C(=C/C)C(=O)OC(C)(C)C. The molecule has 0 spiro atoms. The van der Waals surface area contributed by atoms with Gasteiger partial charge in [0, 0.05) is 5.57 Å². The number of ether oxygens (including phenoxy) is 1. The fourth-order valence-corrected chi connectivity index (χ4v) is 0.461. The van der Waals surface area contributed by atoms with Gasteiger partial charge in [-0.3, -0.25) is 0 Å². The van der Waals surface area contributed by atoms with Crippen molar-refractivity contribution >= 4 is 5.97 Å². The minimum absolute atomic E-state index is 0.347. The maximum absolute atomic E-state index is 11.0. The van der Waals surface area contributed by atoms with Crippen molar-refractivity contribution in [3.05, 3.63) is 18.6 Å². The molecule has 0 aliphatic heterocycles. The second kappa shape index (κ2) is 3.56. The first-order valence-electron chi connectivity index (χ1n) is 3.58. The van der Waals surface area contributed by atoms with Crippen LogP contribution in [0.1, 0.15) is 27.7 Å². The molecule has 0 aromatic heterocycles. The molecule has 2 heteroatoms. The van der Waals surface area contributed by atoms with E-state index < -0.39 is 5.60 Å². The van der Waals surface area contributed by atoms with E-state index >= 15 is 0 Å². The van der Waals surface area contributed by atoms with Crippen molar-refractivity contribution in [2.75, 3.05) is 0 Å². The van der Waals surface area contributed by atoms with Crippen molar-refractivity contribution in [2.24, 2.45) is 0 Å². The molecule has 0 rings (SSSR count). The summed E-state index contributed by atoms with van der Waals surface area (Å²) in [4.78, 5) is 11.0. The zero-order valence-electron chi connectivity index (χ0n) is 7.60. The van der Waals surface area contributed by atoms with E-state index in [0.29, 0.717) is 5.57 Å². The Labute approximate surface area is 68.2 Å². The van der Waals surface area contributed by atoms with Gasteiger partial charge in [-0.2, -0.15) is 0 Å². The van der Waals surface area contributed by atoms with E-state index in [0.717, 1.165) is 0 Å². The van der Waals surface area contributed by atoms with Gasteiger partial charge in [-0.1, -0.05) is 6.08 Å². The number of carbonyl (C=O) groups is 1. The molecule has 2 nitrogen and oxygen atoms in total. The van der Waals surface area contributed by atoms with Crippen molar-refractivity contribution in [3.63, 3.8) is 0 Å².